The van der Waals surface area contributed by atoms with E-state index in [0.29, 0.717) is 0 Å². The molecule has 0 aliphatic rings. The summed E-state index contributed by atoms with van der Waals surface area (Å²) >= 11 is 5.50. The first-order valence-corrected chi connectivity index (χ1v) is 6.51. The Hall–Kier alpha value is -0.960. The summed E-state index contributed by atoms with van der Waals surface area (Å²) in [6.07, 6.45) is 0. The van der Waals surface area contributed by atoms with Gasteiger partial charge in [-0.25, -0.2) is 8.42 Å². The van der Waals surface area contributed by atoms with E-state index in [1.807, 2.05) is 0 Å². The van der Waals surface area contributed by atoms with Gasteiger partial charge in [0.25, 0.3) is 9.05 Å². The maximum absolute atomic E-state index is 11.0. The maximum Gasteiger partial charge on any atom is 0.261 e. The lowest BCUT2D eigenvalue weighted by Gasteiger charge is -2.04. The molecule has 15 heavy (non-hydrogen) atoms. The fourth-order valence-corrected chi connectivity index (χ4v) is 2.05. The van der Waals surface area contributed by atoms with Gasteiger partial charge >= 0.3 is 0 Å². The van der Waals surface area contributed by atoms with Crippen molar-refractivity contribution in [1.29, 1.82) is 5.26 Å². The van der Waals surface area contributed by atoms with E-state index in [0.717, 1.165) is 12.1 Å². The molecule has 0 bridgehead atoms. The molecule has 0 unspecified atom stereocenters. The number of hydrogen-bond acceptors (Lipinski definition) is 4. The zero-order valence-electron chi connectivity index (χ0n) is 7.24. The van der Waals surface area contributed by atoms with Gasteiger partial charge in [-0.1, -0.05) is 0 Å². The minimum Gasteiger partial charge on any atom is -0.507 e. The highest BCUT2D eigenvalue weighted by atomic mass is 35.7. The number of rotatable bonds is 2. The van der Waals surface area contributed by atoms with E-state index < -0.39 is 14.8 Å². The molecule has 0 amide bonds. The molecule has 0 aromatic heterocycles. The van der Waals surface area contributed by atoms with Crippen molar-refractivity contribution in [3.8, 4) is 11.8 Å². The highest BCUT2D eigenvalue weighted by Gasteiger charge is 2.16. The summed E-state index contributed by atoms with van der Waals surface area (Å²) in [5.41, 5.74) is 0.174. The van der Waals surface area contributed by atoms with Gasteiger partial charge < -0.3 is 5.11 Å². The van der Waals surface area contributed by atoms with Crippen molar-refractivity contribution in [2.75, 3.05) is 0 Å². The second kappa shape index (κ2) is 4.27. The van der Waals surface area contributed by atoms with E-state index >= 15 is 0 Å². The van der Waals surface area contributed by atoms with Crippen LogP contribution in [-0.4, -0.2) is 13.5 Å². The van der Waals surface area contributed by atoms with Crippen LogP contribution < -0.4 is 0 Å². The van der Waals surface area contributed by atoms with Crippen LogP contribution in [-0.2, 0) is 14.9 Å². The zero-order chi connectivity index (χ0) is 11.6. The van der Waals surface area contributed by atoms with Crippen LogP contribution in [0.3, 0.4) is 0 Å². The molecule has 0 aliphatic carbocycles. The molecular formula is C8H5Cl2NO3S. The van der Waals surface area contributed by atoms with Crippen LogP contribution >= 0.6 is 22.3 Å². The van der Waals surface area contributed by atoms with Gasteiger partial charge in [0.1, 0.15) is 11.8 Å². The van der Waals surface area contributed by atoms with Gasteiger partial charge in [0.15, 0.2) is 0 Å². The van der Waals surface area contributed by atoms with Crippen molar-refractivity contribution in [2.45, 2.75) is 10.8 Å². The number of benzene rings is 1. The smallest absolute Gasteiger partial charge is 0.261 e. The molecule has 0 saturated carbocycles. The molecule has 0 aliphatic heterocycles. The summed E-state index contributed by atoms with van der Waals surface area (Å²) in [4.78, 5) is -0.281. The molecular weight excluding hydrogens is 261 g/mol. The molecule has 0 spiro atoms. The van der Waals surface area contributed by atoms with Crippen LogP contribution in [0.5, 0.6) is 5.75 Å². The van der Waals surface area contributed by atoms with Gasteiger partial charge in [-0.15, -0.1) is 11.6 Å². The second-order valence-electron chi connectivity index (χ2n) is 2.66. The molecule has 1 rings (SSSR count). The molecule has 0 heterocycles. The van der Waals surface area contributed by atoms with Gasteiger partial charge in [0, 0.05) is 22.6 Å². The lowest BCUT2D eigenvalue weighted by atomic mass is 10.1. The molecule has 1 aromatic rings. The fourth-order valence-electron chi connectivity index (χ4n) is 1.03. The monoisotopic (exact) mass is 265 g/mol. The van der Waals surface area contributed by atoms with Crippen molar-refractivity contribution >= 4 is 31.3 Å². The Kier molecular flexibility index (Phi) is 3.45. The van der Waals surface area contributed by atoms with Crippen LogP contribution in [0.25, 0.3) is 0 Å². The Morgan fingerprint density at radius 3 is 2.47 bits per heavy atom. The summed E-state index contributed by atoms with van der Waals surface area (Å²) in [6, 6.07) is 3.80. The average Bonchev–Trinajstić information content (AvgIpc) is 2.15. The summed E-state index contributed by atoms with van der Waals surface area (Å²) < 4.78 is 22.0. The van der Waals surface area contributed by atoms with E-state index in [9.17, 15) is 13.5 Å². The van der Waals surface area contributed by atoms with Gasteiger partial charge in [-0.3, -0.25) is 0 Å². The lowest BCUT2D eigenvalue weighted by molar-refractivity contribution is 0.471. The fraction of sp³-hybridized carbons (Fsp3) is 0.125. The van der Waals surface area contributed by atoms with Crippen molar-refractivity contribution in [3.63, 3.8) is 0 Å². The van der Waals surface area contributed by atoms with Gasteiger partial charge in [-0.05, 0) is 11.6 Å². The number of alkyl halides is 1. The molecule has 7 heteroatoms. The lowest BCUT2D eigenvalue weighted by Crippen LogP contribution is -1.95. The number of nitrogens with zero attached hydrogens (tertiary/aromatic N) is 1. The number of nitriles is 1. The molecule has 4 nitrogen and oxygen atoms in total. The van der Waals surface area contributed by atoms with Crippen molar-refractivity contribution < 1.29 is 13.5 Å². The third-order valence-electron chi connectivity index (χ3n) is 1.71. The van der Waals surface area contributed by atoms with E-state index in [2.05, 4.69) is 0 Å². The van der Waals surface area contributed by atoms with Crippen LogP contribution in [0, 0.1) is 11.3 Å². The number of phenols is 1. The van der Waals surface area contributed by atoms with E-state index in [1.54, 1.807) is 6.07 Å². The third-order valence-corrected chi connectivity index (χ3v) is 3.33. The summed E-state index contributed by atoms with van der Waals surface area (Å²) in [5.74, 6) is -0.536. The highest BCUT2D eigenvalue weighted by molar-refractivity contribution is 8.13. The molecule has 0 atom stereocenters. The molecule has 0 saturated heterocycles. The quantitative estimate of drug-likeness (QED) is 0.655. The number of aromatic hydroxyl groups is 1. The Bertz CT molecular complexity index is 534. The van der Waals surface area contributed by atoms with Crippen LogP contribution in [0.15, 0.2) is 17.0 Å². The Morgan fingerprint density at radius 2 is 2.07 bits per heavy atom. The normalized spacial score (nSPS) is 11.0. The molecule has 80 valence electrons. The minimum absolute atomic E-state index is 0.0472. The van der Waals surface area contributed by atoms with Gasteiger partial charge in [0.05, 0.1) is 10.5 Å². The Labute approximate surface area is 96.1 Å². The maximum atomic E-state index is 11.0. The van der Waals surface area contributed by atoms with Crippen molar-refractivity contribution in [3.05, 3.63) is 23.3 Å². The van der Waals surface area contributed by atoms with E-state index in [-0.39, 0.29) is 21.9 Å². The minimum atomic E-state index is -3.94. The second-order valence-corrected chi connectivity index (χ2v) is 5.49. The number of halogens is 2. The van der Waals surface area contributed by atoms with Gasteiger partial charge in [0.2, 0.25) is 0 Å². The number of phenolic OH excluding ortho intramolecular Hbond substituents is 1. The Morgan fingerprint density at radius 1 is 1.47 bits per heavy atom. The third kappa shape index (κ3) is 2.53. The molecule has 1 N–H and O–H groups in total. The highest BCUT2D eigenvalue weighted by Crippen LogP contribution is 2.28. The predicted octanol–water partition coefficient (Wildman–Crippen LogP) is 1.93. The summed E-state index contributed by atoms with van der Waals surface area (Å²) in [7, 11) is 1.15. The number of hydrogen-bond donors (Lipinski definition) is 1. The first-order chi connectivity index (χ1) is 6.90. The van der Waals surface area contributed by atoms with Crippen molar-refractivity contribution in [1.82, 2.24) is 0 Å². The van der Waals surface area contributed by atoms with Crippen LogP contribution in [0.4, 0.5) is 0 Å². The average molecular weight is 266 g/mol. The summed E-state index contributed by atoms with van der Waals surface area (Å²) in [5, 5.41) is 18.0. The standard InChI is InChI=1S/C8H5Cl2NO3S/c9-3-5-1-6(15(10,13)14)2-8(12)7(5)4-11/h1-2,12H,3H2. The largest absolute Gasteiger partial charge is 0.507 e. The predicted molar refractivity (Wildman–Crippen MR) is 55.4 cm³/mol. The molecule has 1 aromatic carbocycles. The van der Waals surface area contributed by atoms with Crippen molar-refractivity contribution in [2.24, 2.45) is 0 Å². The molecule has 0 radical (unpaired) electrons. The van der Waals surface area contributed by atoms with Gasteiger partial charge in [-0.2, -0.15) is 5.26 Å². The SMILES string of the molecule is N#Cc1c(O)cc(S(=O)(=O)Cl)cc1CCl. The molecule has 0 fully saturated rings. The first kappa shape index (κ1) is 12.1. The topological polar surface area (TPSA) is 78.2 Å². The van der Waals surface area contributed by atoms with Crippen LogP contribution in [0.1, 0.15) is 11.1 Å². The first-order valence-electron chi connectivity index (χ1n) is 3.66. The summed E-state index contributed by atoms with van der Waals surface area (Å²) in [6.45, 7) is 0. The van der Waals surface area contributed by atoms with E-state index in [1.165, 1.54) is 0 Å². The van der Waals surface area contributed by atoms with Crippen LogP contribution in [0.2, 0.25) is 0 Å². The zero-order valence-corrected chi connectivity index (χ0v) is 9.57. The van der Waals surface area contributed by atoms with E-state index in [4.69, 9.17) is 27.5 Å². The Balaban J connectivity index is 3.54.